The Morgan fingerprint density at radius 1 is 1.15 bits per heavy atom. The van der Waals surface area contributed by atoms with Crippen LogP contribution in [0.3, 0.4) is 0 Å². The highest BCUT2D eigenvalue weighted by Crippen LogP contribution is 2.27. The van der Waals surface area contributed by atoms with Crippen LogP contribution < -0.4 is 5.32 Å². The van der Waals surface area contributed by atoms with Crippen molar-refractivity contribution < 1.29 is 4.39 Å². The molecule has 2 aromatic rings. The van der Waals surface area contributed by atoms with E-state index < -0.39 is 0 Å². The SMILES string of the molecule is CNCC(Cc1ccc(F)cc1Cl)c1cccc(Cl)c1. The zero-order chi connectivity index (χ0) is 14.5. The lowest BCUT2D eigenvalue weighted by molar-refractivity contribution is 0.616. The van der Waals surface area contributed by atoms with E-state index in [4.69, 9.17) is 23.2 Å². The first kappa shape index (κ1) is 15.3. The lowest BCUT2D eigenvalue weighted by atomic mass is 9.92. The van der Waals surface area contributed by atoms with Gasteiger partial charge in [-0.25, -0.2) is 4.39 Å². The average Bonchev–Trinajstić information content (AvgIpc) is 2.41. The van der Waals surface area contributed by atoms with Crippen molar-refractivity contribution in [1.29, 1.82) is 0 Å². The topological polar surface area (TPSA) is 12.0 Å². The zero-order valence-electron chi connectivity index (χ0n) is 11.2. The molecule has 4 heteroatoms. The molecule has 1 unspecified atom stereocenters. The van der Waals surface area contributed by atoms with Gasteiger partial charge in [0.2, 0.25) is 0 Å². The van der Waals surface area contributed by atoms with E-state index in [1.165, 1.54) is 12.1 Å². The molecule has 0 fully saturated rings. The summed E-state index contributed by atoms with van der Waals surface area (Å²) in [6.45, 7) is 0.800. The molecule has 0 heterocycles. The standard InChI is InChI=1S/C16H16Cl2FN/c1-20-10-13(11-3-2-4-14(17)8-11)7-12-5-6-15(19)9-16(12)18/h2-6,8-9,13,20H,7,10H2,1H3. The van der Waals surface area contributed by atoms with Gasteiger partial charge < -0.3 is 5.32 Å². The summed E-state index contributed by atoms with van der Waals surface area (Å²) in [5, 5.41) is 4.36. The Balaban J connectivity index is 2.25. The highest BCUT2D eigenvalue weighted by atomic mass is 35.5. The fourth-order valence-electron chi connectivity index (χ4n) is 2.27. The smallest absolute Gasteiger partial charge is 0.124 e. The summed E-state index contributed by atoms with van der Waals surface area (Å²) < 4.78 is 13.1. The van der Waals surface area contributed by atoms with Crippen LogP contribution in [0.2, 0.25) is 10.0 Å². The molecule has 0 aliphatic heterocycles. The number of nitrogens with one attached hydrogen (secondary N) is 1. The summed E-state index contributed by atoms with van der Waals surface area (Å²) in [4.78, 5) is 0. The normalized spacial score (nSPS) is 12.4. The van der Waals surface area contributed by atoms with Crippen LogP contribution in [-0.2, 0) is 6.42 Å². The van der Waals surface area contributed by atoms with Crippen molar-refractivity contribution in [2.24, 2.45) is 0 Å². The molecule has 0 bridgehead atoms. The molecule has 0 radical (unpaired) electrons. The Bertz CT molecular complexity index is 586. The van der Waals surface area contributed by atoms with Gasteiger partial charge in [-0.2, -0.15) is 0 Å². The largest absolute Gasteiger partial charge is 0.319 e. The van der Waals surface area contributed by atoms with Gasteiger partial charge in [0.1, 0.15) is 5.82 Å². The predicted molar refractivity (Wildman–Crippen MR) is 83.2 cm³/mol. The summed E-state index contributed by atoms with van der Waals surface area (Å²) in [5.74, 6) is -0.0756. The van der Waals surface area contributed by atoms with Crippen molar-refractivity contribution in [3.63, 3.8) is 0 Å². The number of benzene rings is 2. The zero-order valence-corrected chi connectivity index (χ0v) is 12.7. The van der Waals surface area contributed by atoms with Gasteiger partial charge >= 0.3 is 0 Å². The van der Waals surface area contributed by atoms with E-state index in [1.54, 1.807) is 6.07 Å². The van der Waals surface area contributed by atoms with Gasteiger partial charge in [0, 0.05) is 22.5 Å². The lowest BCUT2D eigenvalue weighted by Crippen LogP contribution is -2.19. The Morgan fingerprint density at radius 2 is 1.95 bits per heavy atom. The van der Waals surface area contributed by atoms with Crippen LogP contribution in [0.5, 0.6) is 0 Å². The molecular weight excluding hydrogens is 296 g/mol. The second-order valence-electron chi connectivity index (χ2n) is 4.75. The minimum absolute atomic E-state index is 0.238. The van der Waals surface area contributed by atoms with Crippen LogP contribution in [0.25, 0.3) is 0 Å². The molecule has 1 N–H and O–H groups in total. The molecule has 0 aliphatic rings. The summed E-state index contributed by atoms with van der Waals surface area (Å²) >= 11 is 12.2. The van der Waals surface area contributed by atoms with Gasteiger partial charge in [-0.3, -0.25) is 0 Å². The van der Waals surface area contributed by atoms with Crippen LogP contribution >= 0.6 is 23.2 Å². The number of rotatable bonds is 5. The maximum absolute atomic E-state index is 13.1. The van der Waals surface area contributed by atoms with E-state index >= 15 is 0 Å². The van der Waals surface area contributed by atoms with Crippen molar-refractivity contribution in [3.8, 4) is 0 Å². The van der Waals surface area contributed by atoms with Crippen molar-refractivity contribution in [2.75, 3.05) is 13.6 Å². The van der Waals surface area contributed by atoms with Crippen LogP contribution in [-0.4, -0.2) is 13.6 Å². The monoisotopic (exact) mass is 311 g/mol. The van der Waals surface area contributed by atoms with Gasteiger partial charge in [0.05, 0.1) is 0 Å². The van der Waals surface area contributed by atoms with E-state index in [0.29, 0.717) is 10.0 Å². The second kappa shape index (κ2) is 7.07. The predicted octanol–water partition coefficient (Wildman–Crippen LogP) is 4.68. The molecule has 2 rings (SSSR count). The second-order valence-corrected chi connectivity index (χ2v) is 5.59. The van der Waals surface area contributed by atoms with Crippen LogP contribution in [0, 0.1) is 5.82 Å². The molecule has 1 atom stereocenters. The van der Waals surface area contributed by atoms with Crippen molar-refractivity contribution in [2.45, 2.75) is 12.3 Å². The van der Waals surface area contributed by atoms with Gasteiger partial charge in [-0.05, 0) is 48.9 Å². The van der Waals surface area contributed by atoms with E-state index in [1.807, 2.05) is 31.3 Å². The quantitative estimate of drug-likeness (QED) is 0.845. The van der Waals surface area contributed by atoms with Gasteiger partial charge in [0.25, 0.3) is 0 Å². The van der Waals surface area contributed by atoms with E-state index in [9.17, 15) is 4.39 Å². The molecule has 0 spiro atoms. The molecule has 0 aliphatic carbocycles. The van der Waals surface area contributed by atoms with Crippen LogP contribution in [0.1, 0.15) is 17.0 Å². The van der Waals surface area contributed by atoms with Gasteiger partial charge in [0.15, 0.2) is 0 Å². The third-order valence-electron chi connectivity index (χ3n) is 3.25. The molecule has 0 aromatic heterocycles. The molecule has 1 nitrogen and oxygen atoms in total. The van der Waals surface area contributed by atoms with Gasteiger partial charge in [-0.15, -0.1) is 0 Å². The van der Waals surface area contributed by atoms with Crippen molar-refractivity contribution in [3.05, 3.63) is 69.5 Å². The highest BCUT2D eigenvalue weighted by Gasteiger charge is 2.14. The molecule has 20 heavy (non-hydrogen) atoms. The first-order valence-corrected chi connectivity index (χ1v) is 7.19. The third-order valence-corrected chi connectivity index (χ3v) is 3.84. The van der Waals surface area contributed by atoms with Gasteiger partial charge in [-0.1, -0.05) is 41.4 Å². The number of likely N-dealkylation sites (N-methyl/N-ethyl adjacent to an activating group) is 1. The minimum atomic E-state index is -0.313. The fourth-order valence-corrected chi connectivity index (χ4v) is 2.71. The highest BCUT2D eigenvalue weighted by molar-refractivity contribution is 6.31. The molecular formula is C16H16Cl2FN. The molecule has 0 amide bonds. The maximum Gasteiger partial charge on any atom is 0.124 e. The Hall–Kier alpha value is -1.09. The molecule has 106 valence electrons. The van der Waals surface area contributed by atoms with Crippen LogP contribution in [0.15, 0.2) is 42.5 Å². The van der Waals surface area contributed by atoms with Crippen molar-refractivity contribution in [1.82, 2.24) is 5.32 Å². The van der Waals surface area contributed by atoms with E-state index in [-0.39, 0.29) is 11.7 Å². The third kappa shape index (κ3) is 3.95. The minimum Gasteiger partial charge on any atom is -0.319 e. The summed E-state index contributed by atoms with van der Waals surface area (Å²) in [6, 6.07) is 12.3. The Labute approximate surface area is 128 Å². The number of hydrogen-bond donors (Lipinski definition) is 1. The Kier molecular flexibility index (Phi) is 5.41. The molecule has 0 saturated carbocycles. The van der Waals surface area contributed by atoms with Crippen LogP contribution in [0.4, 0.5) is 4.39 Å². The first-order valence-electron chi connectivity index (χ1n) is 6.44. The number of halogens is 3. The summed E-state index contributed by atoms with van der Waals surface area (Å²) in [6.07, 6.45) is 0.736. The Morgan fingerprint density at radius 3 is 2.60 bits per heavy atom. The van der Waals surface area contributed by atoms with Crippen molar-refractivity contribution >= 4 is 23.2 Å². The van der Waals surface area contributed by atoms with E-state index in [0.717, 1.165) is 24.1 Å². The summed E-state index contributed by atoms with van der Waals surface area (Å²) in [7, 11) is 1.91. The average molecular weight is 312 g/mol. The summed E-state index contributed by atoms with van der Waals surface area (Å²) in [5.41, 5.74) is 2.08. The lowest BCUT2D eigenvalue weighted by Gasteiger charge is -2.18. The molecule has 0 saturated heterocycles. The first-order chi connectivity index (χ1) is 9.60. The van der Waals surface area contributed by atoms with E-state index in [2.05, 4.69) is 5.32 Å². The fraction of sp³-hybridized carbons (Fsp3) is 0.250. The maximum atomic E-state index is 13.1. The number of hydrogen-bond acceptors (Lipinski definition) is 1. The molecule has 2 aromatic carbocycles.